The van der Waals surface area contributed by atoms with Crippen LogP contribution in [-0.4, -0.2) is 70.3 Å². The normalized spacial score (nSPS) is 17.2. The summed E-state index contributed by atoms with van der Waals surface area (Å²) in [5.74, 6) is 1.42. The first-order valence-electron chi connectivity index (χ1n) is 10.2. The number of fused-ring (bicyclic) bond motifs is 1. The van der Waals surface area contributed by atoms with E-state index in [9.17, 15) is 8.42 Å². The molecule has 0 bridgehead atoms. The molecule has 0 saturated carbocycles. The van der Waals surface area contributed by atoms with E-state index in [1.54, 1.807) is 23.0 Å². The Morgan fingerprint density at radius 2 is 2.06 bits per heavy atom. The molecule has 0 unspecified atom stereocenters. The van der Waals surface area contributed by atoms with Gasteiger partial charge < -0.3 is 9.64 Å². The smallest absolute Gasteiger partial charge is 0.192 e. The Balaban J connectivity index is 1.75. The first-order chi connectivity index (χ1) is 15.3. The van der Waals surface area contributed by atoms with Crippen molar-refractivity contribution in [2.24, 2.45) is 0 Å². The third-order valence-corrected chi connectivity index (χ3v) is 6.61. The predicted molar refractivity (Wildman–Crippen MR) is 119 cm³/mol. The number of anilines is 1. The molecule has 1 atom stereocenters. The second kappa shape index (κ2) is 7.68. The zero-order valence-electron chi connectivity index (χ0n) is 18.0. The van der Waals surface area contributed by atoms with Crippen LogP contribution in [0.5, 0.6) is 0 Å². The summed E-state index contributed by atoms with van der Waals surface area (Å²) in [4.78, 5) is 11.1. The van der Waals surface area contributed by atoms with Crippen molar-refractivity contribution in [1.82, 2.24) is 29.8 Å². The Hall–Kier alpha value is -3.31. The fourth-order valence-corrected chi connectivity index (χ4v) is 4.60. The molecule has 1 aliphatic heterocycles. The van der Waals surface area contributed by atoms with Gasteiger partial charge in [0.2, 0.25) is 0 Å². The SMILES string of the molecule is Cc1nc(S(C)(=O)=O)ccc1-c1cc(N2CCOC[C@H]2C)nn2c(-c3ccn[nH]3)ncc12. The van der Waals surface area contributed by atoms with Crippen LogP contribution in [0.25, 0.3) is 28.2 Å². The highest BCUT2D eigenvalue weighted by atomic mass is 32.2. The van der Waals surface area contributed by atoms with E-state index in [2.05, 4.69) is 32.0 Å². The van der Waals surface area contributed by atoms with Crippen LogP contribution < -0.4 is 4.90 Å². The number of morpholine rings is 1. The van der Waals surface area contributed by atoms with Gasteiger partial charge in [-0.1, -0.05) is 0 Å². The number of nitrogens with zero attached hydrogens (tertiary/aromatic N) is 6. The fraction of sp³-hybridized carbons (Fsp3) is 0.333. The number of aromatic amines is 1. The number of H-pyrrole nitrogens is 1. The van der Waals surface area contributed by atoms with Crippen LogP contribution in [0.2, 0.25) is 0 Å². The van der Waals surface area contributed by atoms with Gasteiger partial charge in [-0.2, -0.15) is 5.10 Å². The second-order valence-corrected chi connectivity index (χ2v) is 9.90. The lowest BCUT2D eigenvalue weighted by Crippen LogP contribution is -2.44. The van der Waals surface area contributed by atoms with Gasteiger partial charge in [0.05, 0.1) is 31.0 Å². The van der Waals surface area contributed by atoms with Crippen molar-refractivity contribution in [2.45, 2.75) is 24.9 Å². The van der Waals surface area contributed by atoms with Gasteiger partial charge in [-0.05, 0) is 38.1 Å². The van der Waals surface area contributed by atoms with Gasteiger partial charge in [0.1, 0.15) is 5.69 Å². The van der Waals surface area contributed by atoms with E-state index in [1.807, 2.05) is 19.1 Å². The zero-order chi connectivity index (χ0) is 22.5. The van der Waals surface area contributed by atoms with Gasteiger partial charge in [0.15, 0.2) is 26.5 Å². The topological polar surface area (TPSA) is 118 Å². The van der Waals surface area contributed by atoms with Crippen LogP contribution in [0.15, 0.2) is 41.7 Å². The number of aromatic nitrogens is 6. The van der Waals surface area contributed by atoms with E-state index >= 15 is 0 Å². The summed E-state index contributed by atoms with van der Waals surface area (Å²) in [5, 5.41) is 11.9. The number of pyridine rings is 1. The van der Waals surface area contributed by atoms with Gasteiger partial charge in [-0.15, -0.1) is 5.10 Å². The Kier molecular flexibility index (Phi) is 4.94. The van der Waals surface area contributed by atoms with E-state index in [4.69, 9.17) is 9.84 Å². The molecule has 0 spiro atoms. The quantitative estimate of drug-likeness (QED) is 0.499. The lowest BCUT2D eigenvalue weighted by molar-refractivity contribution is 0.0984. The number of imidazole rings is 1. The summed E-state index contributed by atoms with van der Waals surface area (Å²) < 4.78 is 31.3. The third-order valence-electron chi connectivity index (χ3n) is 5.62. The molecule has 0 aromatic carbocycles. The largest absolute Gasteiger partial charge is 0.377 e. The molecule has 1 saturated heterocycles. The Labute approximate surface area is 185 Å². The van der Waals surface area contributed by atoms with Crippen LogP contribution in [0.3, 0.4) is 0 Å². The van der Waals surface area contributed by atoms with Crippen molar-refractivity contribution in [3.63, 3.8) is 0 Å². The molecule has 32 heavy (non-hydrogen) atoms. The maximum Gasteiger partial charge on any atom is 0.192 e. The highest BCUT2D eigenvalue weighted by Crippen LogP contribution is 2.33. The Bertz CT molecular complexity index is 1400. The van der Waals surface area contributed by atoms with Crippen molar-refractivity contribution in [3.8, 4) is 22.6 Å². The zero-order valence-corrected chi connectivity index (χ0v) is 18.8. The Morgan fingerprint density at radius 1 is 1.22 bits per heavy atom. The number of nitrogens with one attached hydrogen (secondary N) is 1. The minimum Gasteiger partial charge on any atom is -0.377 e. The summed E-state index contributed by atoms with van der Waals surface area (Å²) in [6, 6.07) is 7.35. The predicted octanol–water partition coefficient (Wildman–Crippen LogP) is 2.12. The maximum atomic E-state index is 12.0. The molecule has 4 aromatic heterocycles. The molecular formula is C21H23N7O3S. The van der Waals surface area contributed by atoms with Crippen LogP contribution in [0.4, 0.5) is 5.82 Å². The summed E-state index contributed by atoms with van der Waals surface area (Å²) in [5.41, 5.74) is 3.85. The van der Waals surface area contributed by atoms with Crippen LogP contribution in [0, 0.1) is 6.92 Å². The summed E-state index contributed by atoms with van der Waals surface area (Å²) in [6.45, 7) is 5.88. The lowest BCUT2D eigenvalue weighted by atomic mass is 10.0. The maximum absolute atomic E-state index is 12.0. The molecule has 1 fully saturated rings. The molecule has 4 aromatic rings. The average Bonchev–Trinajstić information content (AvgIpc) is 3.42. The minimum absolute atomic E-state index is 0.0532. The van der Waals surface area contributed by atoms with E-state index in [0.29, 0.717) is 24.7 Å². The third kappa shape index (κ3) is 3.53. The molecular weight excluding hydrogens is 430 g/mol. The molecule has 10 nitrogen and oxygen atoms in total. The lowest BCUT2D eigenvalue weighted by Gasteiger charge is -2.34. The molecule has 5 heterocycles. The van der Waals surface area contributed by atoms with E-state index in [-0.39, 0.29) is 11.1 Å². The van der Waals surface area contributed by atoms with E-state index < -0.39 is 9.84 Å². The van der Waals surface area contributed by atoms with Crippen molar-refractivity contribution >= 4 is 21.2 Å². The standard InChI is InChI=1S/C21H23N7O3S/c1-13-12-31-9-8-27(13)19-10-16(15-4-5-20(24-14(15)2)32(3,29)30)18-11-22-21(28(18)26-19)17-6-7-23-25-17/h4-7,10-11,13H,8-9,12H2,1-3H3,(H,23,25)/t13-/m1/s1. The monoisotopic (exact) mass is 453 g/mol. The van der Waals surface area contributed by atoms with Crippen LogP contribution >= 0.6 is 0 Å². The van der Waals surface area contributed by atoms with Gasteiger partial charge in [-0.25, -0.2) is 22.9 Å². The summed E-state index contributed by atoms with van der Waals surface area (Å²) >= 11 is 0. The molecule has 0 aliphatic carbocycles. The Morgan fingerprint density at radius 3 is 2.75 bits per heavy atom. The number of ether oxygens (including phenoxy) is 1. The molecule has 5 rings (SSSR count). The molecule has 0 radical (unpaired) electrons. The van der Waals surface area contributed by atoms with Crippen molar-refractivity contribution in [2.75, 3.05) is 30.9 Å². The van der Waals surface area contributed by atoms with Gasteiger partial charge in [0.25, 0.3) is 0 Å². The molecule has 1 N–H and O–H groups in total. The van der Waals surface area contributed by atoms with Crippen molar-refractivity contribution in [1.29, 1.82) is 0 Å². The first kappa shape index (κ1) is 20.6. The first-order valence-corrected chi connectivity index (χ1v) is 12.1. The molecule has 1 aliphatic rings. The van der Waals surface area contributed by atoms with Gasteiger partial charge >= 0.3 is 0 Å². The summed E-state index contributed by atoms with van der Waals surface area (Å²) in [7, 11) is -3.40. The van der Waals surface area contributed by atoms with E-state index in [0.717, 1.165) is 41.0 Å². The molecule has 166 valence electrons. The highest BCUT2D eigenvalue weighted by molar-refractivity contribution is 7.90. The van der Waals surface area contributed by atoms with E-state index in [1.165, 1.54) is 6.07 Å². The van der Waals surface area contributed by atoms with Crippen molar-refractivity contribution in [3.05, 3.63) is 42.4 Å². The minimum atomic E-state index is -3.40. The van der Waals surface area contributed by atoms with Crippen LogP contribution in [-0.2, 0) is 14.6 Å². The van der Waals surface area contributed by atoms with Gasteiger partial charge in [-0.3, -0.25) is 5.10 Å². The van der Waals surface area contributed by atoms with Gasteiger partial charge in [0, 0.05) is 35.8 Å². The van der Waals surface area contributed by atoms with Crippen molar-refractivity contribution < 1.29 is 13.2 Å². The van der Waals surface area contributed by atoms with Crippen LogP contribution in [0.1, 0.15) is 12.6 Å². The number of sulfone groups is 1. The second-order valence-electron chi connectivity index (χ2n) is 7.94. The number of hydrogen-bond donors (Lipinski definition) is 1. The highest BCUT2D eigenvalue weighted by Gasteiger charge is 2.24. The molecule has 0 amide bonds. The molecule has 11 heteroatoms. The fourth-order valence-electron chi connectivity index (χ4n) is 3.98. The summed E-state index contributed by atoms with van der Waals surface area (Å²) in [6.07, 6.45) is 4.59. The number of hydrogen-bond acceptors (Lipinski definition) is 8. The average molecular weight is 454 g/mol. The number of rotatable bonds is 4. The number of aryl methyl sites for hydroxylation is 1.